The minimum absolute atomic E-state index is 0.267. The molecule has 0 aliphatic heterocycles. The number of aromatic nitrogens is 3. The average molecular weight is 750 g/mol. The Bertz CT molecular complexity index is 2290. The summed E-state index contributed by atoms with van der Waals surface area (Å²) < 4.78 is 0. The third-order valence-electron chi connectivity index (χ3n) is 14.5. The molecule has 0 amide bonds. The topological polar surface area (TPSA) is 86.2 Å². The van der Waals surface area contributed by atoms with E-state index < -0.39 is 0 Å². The fourth-order valence-corrected chi connectivity index (χ4v) is 12.7. The van der Waals surface area contributed by atoms with Gasteiger partial charge in [0.15, 0.2) is 17.5 Å². The Morgan fingerprint density at radius 1 is 0.491 bits per heavy atom. The van der Waals surface area contributed by atoms with E-state index in [1.807, 2.05) is 36.4 Å². The van der Waals surface area contributed by atoms with Gasteiger partial charge in [-0.1, -0.05) is 107 Å². The van der Waals surface area contributed by atoms with Gasteiger partial charge in [-0.3, -0.25) is 0 Å². The Labute approximate surface area is 339 Å². The number of hydrogen-bond acceptors (Lipinski definition) is 5. The van der Waals surface area contributed by atoms with E-state index in [0.29, 0.717) is 28.6 Å². The van der Waals surface area contributed by atoms with E-state index in [0.717, 1.165) is 63.3 Å². The Balaban J connectivity index is 1.09. The van der Waals surface area contributed by atoms with E-state index >= 15 is 0 Å². The van der Waals surface area contributed by atoms with E-state index in [-0.39, 0.29) is 10.8 Å². The molecular weight excluding hydrogens is 695 g/mol. The molecular formula is C52H55N5. The fraction of sp³-hybridized carbons (Fsp3) is 0.442. The molecule has 57 heavy (non-hydrogen) atoms. The van der Waals surface area contributed by atoms with Gasteiger partial charge in [-0.05, 0) is 151 Å². The number of fused-ring (bicyclic) bond motifs is 4. The molecule has 4 saturated carbocycles. The first-order valence-electron chi connectivity index (χ1n) is 21.7. The summed E-state index contributed by atoms with van der Waals surface area (Å²) in [5, 5.41) is 19.1. The van der Waals surface area contributed by atoms with Crippen LogP contribution in [-0.2, 0) is 10.8 Å². The number of rotatable bonds is 7. The molecule has 288 valence electrons. The largest absolute Gasteiger partial charge is 0.208 e. The second-order valence-electron chi connectivity index (χ2n) is 19.1. The van der Waals surface area contributed by atoms with Crippen LogP contribution in [0.1, 0.15) is 121 Å². The molecule has 1 heterocycles. The summed E-state index contributed by atoms with van der Waals surface area (Å²) in [5.41, 5.74) is 9.09. The lowest BCUT2D eigenvalue weighted by atomic mass is 9.54. The number of hydrogen-bond donors (Lipinski definition) is 0. The summed E-state index contributed by atoms with van der Waals surface area (Å²) in [6.45, 7) is 9.74. The second-order valence-corrected chi connectivity index (χ2v) is 19.1. The van der Waals surface area contributed by atoms with Crippen LogP contribution in [0, 0.1) is 58.2 Å². The van der Waals surface area contributed by atoms with Gasteiger partial charge < -0.3 is 0 Å². The van der Waals surface area contributed by atoms with Crippen molar-refractivity contribution < 1.29 is 0 Å². The zero-order chi connectivity index (χ0) is 39.3. The highest BCUT2D eigenvalue weighted by Gasteiger charge is 2.46. The van der Waals surface area contributed by atoms with Crippen LogP contribution in [0.3, 0.4) is 0 Å². The maximum atomic E-state index is 9.57. The van der Waals surface area contributed by atoms with Crippen LogP contribution in [0.5, 0.6) is 0 Å². The summed E-state index contributed by atoms with van der Waals surface area (Å²) in [6.07, 6.45) is 14.5. The van der Waals surface area contributed by atoms with Crippen LogP contribution in [0.4, 0.5) is 0 Å². The Morgan fingerprint density at radius 2 is 0.877 bits per heavy atom. The van der Waals surface area contributed by atoms with Crippen LogP contribution in [0.15, 0.2) is 91.0 Å². The minimum Gasteiger partial charge on any atom is -0.208 e. The molecule has 0 N–H and O–H groups in total. The summed E-state index contributed by atoms with van der Waals surface area (Å²) in [4.78, 5) is 15.5. The van der Waals surface area contributed by atoms with Crippen molar-refractivity contribution in [3.05, 3.63) is 113 Å². The summed E-state index contributed by atoms with van der Waals surface area (Å²) in [5.74, 6) is 6.77. The molecule has 5 aromatic rings. The third-order valence-corrected chi connectivity index (χ3v) is 14.5. The highest BCUT2D eigenvalue weighted by molar-refractivity contribution is 5.72. The lowest BCUT2D eigenvalue weighted by Crippen LogP contribution is -2.42. The van der Waals surface area contributed by atoms with Crippen molar-refractivity contribution in [2.45, 2.75) is 109 Å². The molecule has 0 spiro atoms. The normalized spacial score (nSPS) is 29.2. The van der Waals surface area contributed by atoms with Gasteiger partial charge in [0.2, 0.25) is 0 Å². The van der Waals surface area contributed by atoms with E-state index in [1.54, 1.807) is 6.07 Å². The van der Waals surface area contributed by atoms with Crippen LogP contribution in [-0.4, -0.2) is 15.0 Å². The standard InChI is InChI=1S/C52H55N5/c1-5-36-21-38-20-35(4)27-52(28-36,30-38)47-16-12-44(13-17-47)50-56-48(42-8-6-41(7-9-42)45-23-39(31-53)22-40(24-45)32-54)55-49(57-50)43-10-14-46(15-11-43)51-25-33(2)18-37(29-51)19-34(3)26-51/h6-17,22-24,33-38H,5,18-21,25-30H2,1-4H3/t33-,34+,35-,36+,37?,38-,51?,52?/m1/s1. The molecule has 5 nitrogen and oxygen atoms in total. The smallest absolute Gasteiger partial charge is 0.164 e. The molecule has 5 heteroatoms. The molecule has 0 saturated heterocycles. The molecule has 4 aliphatic rings. The molecule has 3 unspecified atom stereocenters. The van der Waals surface area contributed by atoms with Gasteiger partial charge in [0.05, 0.1) is 23.3 Å². The molecule has 1 aromatic heterocycles. The molecule has 4 bridgehead atoms. The van der Waals surface area contributed by atoms with Gasteiger partial charge in [0, 0.05) is 16.7 Å². The molecule has 4 fully saturated rings. The van der Waals surface area contributed by atoms with Crippen molar-refractivity contribution >= 4 is 0 Å². The summed E-state index contributed by atoms with van der Waals surface area (Å²) in [7, 11) is 0. The van der Waals surface area contributed by atoms with Crippen LogP contribution < -0.4 is 0 Å². The van der Waals surface area contributed by atoms with Crippen LogP contribution in [0.25, 0.3) is 45.3 Å². The van der Waals surface area contributed by atoms with Gasteiger partial charge in [0.25, 0.3) is 0 Å². The second kappa shape index (κ2) is 15.0. The Kier molecular flexibility index (Phi) is 9.85. The molecule has 4 aliphatic carbocycles. The average Bonchev–Trinajstić information content (AvgIpc) is 3.22. The first kappa shape index (κ1) is 37.4. The molecule has 0 radical (unpaired) electrons. The summed E-state index contributed by atoms with van der Waals surface area (Å²) >= 11 is 0. The zero-order valence-corrected chi connectivity index (χ0v) is 34.1. The van der Waals surface area contributed by atoms with Gasteiger partial charge in [0.1, 0.15) is 0 Å². The first-order chi connectivity index (χ1) is 27.6. The van der Waals surface area contributed by atoms with Gasteiger partial charge in [-0.2, -0.15) is 10.5 Å². The molecule has 9 rings (SSSR count). The van der Waals surface area contributed by atoms with E-state index in [1.165, 1.54) is 81.8 Å². The number of benzene rings is 4. The molecule has 4 aromatic carbocycles. The third kappa shape index (κ3) is 7.32. The minimum atomic E-state index is 0.267. The predicted octanol–water partition coefficient (Wildman–Crippen LogP) is 12.9. The zero-order valence-electron chi connectivity index (χ0n) is 34.1. The van der Waals surface area contributed by atoms with Crippen molar-refractivity contribution in [3.8, 4) is 57.4 Å². The van der Waals surface area contributed by atoms with Crippen molar-refractivity contribution in [1.29, 1.82) is 10.5 Å². The fourth-order valence-electron chi connectivity index (χ4n) is 12.7. The quantitative estimate of drug-likeness (QED) is 0.165. The number of nitriles is 2. The van der Waals surface area contributed by atoms with E-state index in [4.69, 9.17) is 15.0 Å². The SMILES string of the molecule is CC[C@H]1C[C@H]2C[C@@H](C)CC(c3ccc(-c4nc(-c5ccc(-c6cc(C#N)cc(C#N)c6)cc5)nc(-c5ccc(C67CC(C[C@@H](C)C6)C[C@H](C)C7)cc5)n4)cc3)(C2)C1. The van der Waals surface area contributed by atoms with Crippen molar-refractivity contribution in [1.82, 2.24) is 15.0 Å². The number of nitrogens with zero attached hydrogens (tertiary/aromatic N) is 5. The maximum absolute atomic E-state index is 9.57. The highest BCUT2D eigenvalue weighted by atomic mass is 15.0. The Hall–Kier alpha value is -5.13. The van der Waals surface area contributed by atoms with Gasteiger partial charge >= 0.3 is 0 Å². The van der Waals surface area contributed by atoms with Gasteiger partial charge in [-0.25, -0.2) is 15.0 Å². The highest BCUT2D eigenvalue weighted by Crippen LogP contribution is 2.56. The van der Waals surface area contributed by atoms with Crippen molar-refractivity contribution in [2.75, 3.05) is 0 Å². The van der Waals surface area contributed by atoms with E-state index in [9.17, 15) is 10.5 Å². The lowest BCUT2D eigenvalue weighted by Gasteiger charge is -2.51. The Morgan fingerprint density at radius 3 is 1.30 bits per heavy atom. The predicted molar refractivity (Wildman–Crippen MR) is 229 cm³/mol. The first-order valence-corrected chi connectivity index (χ1v) is 21.7. The monoisotopic (exact) mass is 749 g/mol. The maximum Gasteiger partial charge on any atom is 0.164 e. The lowest BCUT2D eigenvalue weighted by molar-refractivity contribution is 0.0702. The van der Waals surface area contributed by atoms with Crippen LogP contribution in [0.2, 0.25) is 0 Å². The van der Waals surface area contributed by atoms with Gasteiger partial charge in [-0.15, -0.1) is 0 Å². The van der Waals surface area contributed by atoms with Crippen molar-refractivity contribution in [2.24, 2.45) is 35.5 Å². The van der Waals surface area contributed by atoms with E-state index in [2.05, 4.69) is 88.4 Å². The summed E-state index contributed by atoms with van der Waals surface area (Å²) in [6, 6.07) is 36.2. The van der Waals surface area contributed by atoms with Crippen molar-refractivity contribution in [3.63, 3.8) is 0 Å². The molecule has 8 atom stereocenters. The van der Waals surface area contributed by atoms with Crippen LogP contribution >= 0.6 is 0 Å².